The van der Waals surface area contributed by atoms with Crippen LogP contribution in [0.1, 0.15) is 44.9 Å². The Kier molecular flexibility index (Phi) is 3.23. The summed E-state index contributed by atoms with van der Waals surface area (Å²) in [5.74, 6) is 3.42. The summed E-state index contributed by atoms with van der Waals surface area (Å²) < 4.78 is 0. The van der Waals surface area contributed by atoms with Crippen molar-refractivity contribution in [3.05, 3.63) is 0 Å². The normalized spacial score (nSPS) is 40.1. The number of likely N-dealkylation sites (N-methyl/N-ethyl adjacent to an activating group) is 1. The molecule has 21 heavy (non-hydrogen) atoms. The molecule has 2 amide bonds. The quantitative estimate of drug-likeness (QED) is 0.858. The molecule has 0 spiro atoms. The van der Waals surface area contributed by atoms with Crippen molar-refractivity contribution in [3.8, 4) is 0 Å². The Balaban J connectivity index is 1.38. The molecule has 4 bridgehead atoms. The fourth-order valence-corrected chi connectivity index (χ4v) is 5.38. The van der Waals surface area contributed by atoms with Gasteiger partial charge in [0, 0.05) is 19.0 Å². The molecule has 1 N–H and O–H groups in total. The molecule has 5 saturated carbocycles. The van der Waals surface area contributed by atoms with Crippen LogP contribution in [0.2, 0.25) is 0 Å². The molecule has 0 unspecified atom stereocenters. The summed E-state index contributed by atoms with van der Waals surface area (Å²) in [5.41, 5.74) is 0. The SMILES string of the molecule is CN(CC(=O)NC1CC1)C(=O)C1C2CC3CC(C2)CC1C3. The highest BCUT2D eigenvalue weighted by Crippen LogP contribution is 2.56. The Morgan fingerprint density at radius 2 is 1.57 bits per heavy atom. The number of rotatable bonds is 4. The Morgan fingerprint density at radius 1 is 1.00 bits per heavy atom. The second-order valence-corrected chi connectivity index (χ2v) is 7.99. The minimum Gasteiger partial charge on any atom is -0.352 e. The number of hydrogen-bond donors (Lipinski definition) is 1. The van der Waals surface area contributed by atoms with Gasteiger partial charge >= 0.3 is 0 Å². The number of hydrogen-bond acceptors (Lipinski definition) is 2. The number of carbonyl (C=O) groups is 2. The molecule has 0 aromatic rings. The lowest BCUT2D eigenvalue weighted by atomic mass is 9.51. The summed E-state index contributed by atoms with van der Waals surface area (Å²) in [6.45, 7) is 0.234. The maximum atomic E-state index is 12.8. The van der Waals surface area contributed by atoms with E-state index in [1.54, 1.807) is 11.9 Å². The van der Waals surface area contributed by atoms with Gasteiger partial charge in [-0.1, -0.05) is 0 Å². The average Bonchev–Trinajstić information content (AvgIpc) is 3.20. The highest BCUT2D eigenvalue weighted by molar-refractivity contribution is 5.86. The van der Waals surface area contributed by atoms with Gasteiger partial charge in [-0.25, -0.2) is 0 Å². The van der Waals surface area contributed by atoms with E-state index in [2.05, 4.69) is 5.32 Å². The lowest BCUT2D eigenvalue weighted by Crippen LogP contribution is -2.52. The predicted octanol–water partition coefficient (Wildman–Crippen LogP) is 1.80. The third-order valence-corrected chi connectivity index (χ3v) is 6.21. The van der Waals surface area contributed by atoms with E-state index in [9.17, 15) is 9.59 Å². The van der Waals surface area contributed by atoms with Gasteiger partial charge in [0.15, 0.2) is 0 Å². The van der Waals surface area contributed by atoms with Crippen molar-refractivity contribution < 1.29 is 9.59 Å². The lowest BCUT2D eigenvalue weighted by Gasteiger charge is -2.54. The maximum absolute atomic E-state index is 12.8. The molecule has 116 valence electrons. The van der Waals surface area contributed by atoms with Gasteiger partial charge in [-0.2, -0.15) is 0 Å². The average molecular weight is 290 g/mol. The van der Waals surface area contributed by atoms with Gasteiger partial charge in [-0.15, -0.1) is 0 Å². The predicted molar refractivity (Wildman–Crippen MR) is 79.3 cm³/mol. The zero-order chi connectivity index (χ0) is 14.6. The van der Waals surface area contributed by atoms with Crippen molar-refractivity contribution in [1.29, 1.82) is 0 Å². The summed E-state index contributed by atoms with van der Waals surface area (Å²) in [6.07, 6.45) is 8.62. The molecule has 5 aliphatic rings. The minimum atomic E-state index is 0.0113. The molecule has 4 nitrogen and oxygen atoms in total. The van der Waals surface area contributed by atoms with Gasteiger partial charge in [-0.05, 0) is 68.6 Å². The minimum absolute atomic E-state index is 0.0113. The van der Waals surface area contributed by atoms with Crippen molar-refractivity contribution in [2.45, 2.75) is 51.0 Å². The first-order valence-electron chi connectivity index (χ1n) is 8.64. The van der Waals surface area contributed by atoms with Crippen LogP contribution >= 0.6 is 0 Å². The molecule has 0 aliphatic heterocycles. The fraction of sp³-hybridized carbons (Fsp3) is 0.882. The lowest BCUT2D eigenvalue weighted by molar-refractivity contribution is -0.149. The molecule has 4 heteroatoms. The van der Waals surface area contributed by atoms with Crippen LogP contribution in [0, 0.1) is 29.6 Å². The van der Waals surface area contributed by atoms with E-state index in [0.29, 0.717) is 17.9 Å². The summed E-state index contributed by atoms with van der Waals surface area (Å²) in [4.78, 5) is 26.4. The highest BCUT2D eigenvalue weighted by atomic mass is 16.2. The molecule has 0 radical (unpaired) electrons. The van der Waals surface area contributed by atoms with Gasteiger partial charge < -0.3 is 10.2 Å². The van der Waals surface area contributed by atoms with Crippen LogP contribution in [0.25, 0.3) is 0 Å². The monoisotopic (exact) mass is 290 g/mol. The first kappa shape index (κ1) is 13.6. The molecule has 0 aromatic carbocycles. The van der Waals surface area contributed by atoms with E-state index in [1.165, 1.54) is 32.1 Å². The van der Waals surface area contributed by atoms with E-state index in [4.69, 9.17) is 0 Å². The molecule has 5 fully saturated rings. The fourth-order valence-electron chi connectivity index (χ4n) is 5.38. The Bertz CT molecular complexity index is 430. The summed E-state index contributed by atoms with van der Waals surface area (Å²) >= 11 is 0. The number of nitrogens with one attached hydrogen (secondary N) is 1. The molecule has 5 aliphatic carbocycles. The largest absolute Gasteiger partial charge is 0.352 e. The Morgan fingerprint density at radius 3 is 2.10 bits per heavy atom. The van der Waals surface area contributed by atoms with Crippen molar-refractivity contribution in [2.24, 2.45) is 29.6 Å². The second-order valence-electron chi connectivity index (χ2n) is 7.99. The standard InChI is InChI=1S/C17H26N2O2/c1-19(9-15(20)18-14-2-3-14)17(21)16-12-5-10-4-11(7-12)8-13(16)6-10/h10-14,16H,2-9H2,1H3,(H,18,20). The molecular weight excluding hydrogens is 264 g/mol. The van der Waals surface area contributed by atoms with E-state index in [0.717, 1.165) is 24.7 Å². The third-order valence-electron chi connectivity index (χ3n) is 6.21. The third kappa shape index (κ3) is 2.58. The molecule has 0 heterocycles. The van der Waals surface area contributed by atoms with Crippen LogP contribution in [0.5, 0.6) is 0 Å². The van der Waals surface area contributed by atoms with Crippen molar-refractivity contribution in [2.75, 3.05) is 13.6 Å². The molecule has 5 rings (SSSR count). The zero-order valence-corrected chi connectivity index (χ0v) is 12.9. The number of amides is 2. The van der Waals surface area contributed by atoms with Gasteiger partial charge in [0.2, 0.25) is 11.8 Å². The van der Waals surface area contributed by atoms with E-state index in [1.807, 2.05) is 0 Å². The number of carbonyl (C=O) groups excluding carboxylic acids is 2. The Labute approximate surface area is 126 Å². The van der Waals surface area contributed by atoms with Crippen LogP contribution in [0.3, 0.4) is 0 Å². The van der Waals surface area contributed by atoms with Crippen molar-refractivity contribution in [1.82, 2.24) is 10.2 Å². The molecule has 0 saturated heterocycles. The topological polar surface area (TPSA) is 49.4 Å². The zero-order valence-electron chi connectivity index (χ0n) is 12.9. The summed E-state index contributed by atoms with van der Waals surface area (Å²) in [5, 5.41) is 2.97. The van der Waals surface area contributed by atoms with Crippen LogP contribution in [-0.4, -0.2) is 36.3 Å². The molecule has 0 aromatic heterocycles. The molecule has 0 atom stereocenters. The first-order chi connectivity index (χ1) is 10.1. The summed E-state index contributed by atoms with van der Waals surface area (Å²) in [6, 6.07) is 0.377. The summed E-state index contributed by atoms with van der Waals surface area (Å²) in [7, 11) is 1.81. The van der Waals surface area contributed by atoms with E-state index >= 15 is 0 Å². The van der Waals surface area contributed by atoms with Gasteiger partial charge in [0.1, 0.15) is 0 Å². The van der Waals surface area contributed by atoms with E-state index < -0.39 is 0 Å². The Hall–Kier alpha value is -1.06. The van der Waals surface area contributed by atoms with Gasteiger partial charge in [0.25, 0.3) is 0 Å². The van der Waals surface area contributed by atoms with Crippen LogP contribution in [0.4, 0.5) is 0 Å². The van der Waals surface area contributed by atoms with E-state index in [-0.39, 0.29) is 24.3 Å². The number of nitrogens with zero attached hydrogens (tertiary/aromatic N) is 1. The van der Waals surface area contributed by atoms with Gasteiger partial charge in [-0.3, -0.25) is 9.59 Å². The van der Waals surface area contributed by atoms with Gasteiger partial charge in [0.05, 0.1) is 6.54 Å². The molecular formula is C17H26N2O2. The van der Waals surface area contributed by atoms with Crippen LogP contribution in [0.15, 0.2) is 0 Å². The van der Waals surface area contributed by atoms with Crippen LogP contribution < -0.4 is 5.32 Å². The maximum Gasteiger partial charge on any atom is 0.239 e. The van der Waals surface area contributed by atoms with Crippen molar-refractivity contribution >= 4 is 11.8 Å². The first-order valence-corrected chi connectivity index (χ1v) is 8.64. The van der Waals surface area contributed by atoms with Crippen molar-refractivity contribution in [3.63, 3.8) is 0 Å². The smallest absolute Gasteiger partial charge is 0.239 e. The van der Waals surface area contributed by atoms with Crippen LogP contribution in [-0.2, 0) is 9.59 Å². The second kappa shape index (κ2) is 4.99. The highest BCUT2D eigenvalue weighted by Gasteiger charge is 2.51.